The van der Waals surface area contributed by atoms with Gasteiger partial charge >= 0.3 is 0 Å². The molecule has 3 nitrogen and oxygen atoms in total. The highest BCUT2D eigenvalue weighted by molar-refractivity contribution is 9.10. The lowest BCUT2D eigenvalue weighted by Gasteiger charge is -2.08. The second-order valence-electron chi connectivity index (χ2n) is 4.02. The van der Waals surface area contributed by atoms with Gasteiger partial charge in [-0.15, -0.1) is 0 Å². The number of nitrogens with zero attached hydrogens (tertiary/aromatic N) is 1. The number of nitrogens with two attached hydrogens (primary N) is 1. The van der Waals surface area contributed by atoms with Gasteiger partial charge in [0.25, 0.3) is 0 Å². The first-order valence-electron chi connectivity index (χ1n) is 5.73. The molecule has 0 saturated heterocycles. The third-order valence-corrected chi connectivity index (χ3v) is 3.48. The third-order valence-electron chi connectivity index (χ3n) is 2.59. The Hall–Kier alpha value is -1.39. The van der Waals surface area contributed by atoms with Crippen LogP contribution in [-0.4, -0.2) is 4.98 Å². The minimum Gasteiger partial charge on any atom is -0.487 e. The van der Waals surface area contributed by atoms with Crippen LogP contribution in [0, 0.1) is 6.92 Å². The number of hydrogen-bond acceptors (Lipinski definition) is 3. The van der Waals surface area contributed by atoms with Gasteiger partial charge in [-0.3, -0.25) is 4.98 Å². The summed E-state index contributed by atoms with van der Waals surface area (Å²) >= 11 is 3.46. The minimum atomic E-state index is 0.450. The van der Waals surface area contributed by atoms with Gasteiger partial charge in [-0.25, -0.2) is 0 Å². The molecule has 0 radical (unpaired) electrons. The van der Waals surface area contributed by atoms with Crippen molar-refractivity contribution in [2.45, 2.75) is 20.1 Å². The summed E-state index contributed by atoms with van der Waals surface area (Å²) in [5.74, 6) is 0.843. The molecule has 0 aliphatic rings. The predicted molar refractivity (Wildman–Crippen MR) is 75.3 cm³/mol. The van der Waals surface area contributed by atoms with Gasteiger partial charge in [0.1, 0.15) is 12.4 Å². The van der Waals surface area contributed by atoms with E-state index in [1.54, 1.807) is 0 Å². The molecular weight excluding hydrogens is 292 g/mol. The normalized spacial score (nSPS) is 10.4. The molecule has 0 unspecified atom stereocenters. The van der Waals surface area contributed by atoms with Crippen molar-refractivity contribution < 1.29 is 4.74 Å². The summed E-state index contributed by atoms with van der Waals surface area (Å²) in [5.41, 5.74) is 8.47. The molecule has 0 amide bonds. The molecule has 2 N–H and O–H groups in total. The average Bonchev–Trinajstić information content (AvgIpc) is 2.40. The molecule has 18 heavy (non-hydrogen) atoms. The van der Waals surface area contributed by atoms with Crippen molar-refractivity contribution in [3.8, 4) is 5.75 Å². The summed E-state index contributed by atoms with van der Waals surface area (Å²) < 4.78 is 6.78. The lowest BCUT2D eigenvalue weighted by atomic mass is 10.2. The first kappa shape index (κ1) is 13.1. The van der Waals surface area contributed by atoms with Crippen molar-refractivity contribution in [1.29, 1.82) is 0 Å². The van der Waals surface area contributed by atoms with Gasteiger partial charge < -0.3 is 10.5 Å². The highest BCUT2D eigenvalue weighted by Crippen LogP contribution is 2.22. The van der Waals surface area contributed by atoms with Crippen molar-refractivity contribution in [2.75, 3.05) is 0 Å². The molecule has 1 aromatic carbocycles. The molecule has 0 spiro atoms. The van der Waals surface area contributed by atoms with E-state index in [0.717, 1.165) is 27.2 Å². The number of rotatable bonds is 4. The van der Waals surface area contributed by atoms with Crippen LogP contribution in [0.4, 0.5) is 0 Å². The van der Waals surface area contributed by atoms with E-state index in [1.807, 2.05) is 43.3 Å². The highest BCUT2D eigenvalue weighted by atomic mass is 79.9. The van der Waals surface area contributed by atoms with Crippen LogP contribution in [0.3, 0.4) is 0 Å². The van der Waals surface area contributed by atoms with Crippen LogP contribution >= 0.6 is 15.9 Å². The van der Waals surface area contributed by atoms with Gasteiger partial charge in [-0.1, -0.05) is 22.0 Å². The van der Waals surface area contributed by atoms with Crippen LogP contribution in [0.5, 0.6) is 5.75 Å². The van der Waals surface area contributed by atoms with Gasteiger partial charge in [0.2, 0.25) is 0 Å². The number of ether oxygens (including phenoxy) is 1. The smallest absolute Gasteiger partial charge is 0.130 e. The fourth-order valence-corrected chi connectivity index (χ4v) is 1.83. The molecule has 0 saturated carbocycles. The van der Waals surface area contributed by atoms with Gasteiger partial charge in [0.15, 0.2) is 0 Å². The van der Waals surface area contributed by atoms with Gasteiger partial charge in [-0.05, 0) is 42.8 Å². The molecule has 0 aliphatic heterocycles. The molecule has 4 heteroatoms. The number of halogens is 1. The summed E-state index contributed by atoms with van der Waals surface area (Å²) in [6.45, 7) is 2.93. The van der Waals surface area contributed by atoms with Crippen LogP contribution in [0.1, 0.15) is 17.0 Å². The van der Waals surface area contributed by atoms with Gasteiger partial charge in [-0.2, -0.15) is 0 Å². The highest BCUT2D eigenvalue weighted by Gasteiger charge is 2.01. The first-order valence-corrected chi connectivity index (χ1v) is 6.52. The Balaban J connectivity index is 2.04. The molecular formula is C14H15BrN2O. The van der Waals surface area contributed by atoms with Crippen molar-refractivity contribution in [1.82, 2.24) is 4.98 Å². The number of benzene rings is 1. The summed E-state index contributed by atoms with van der Waals surface area (Å²) in [7, 11) is 0. The fraction of sp³-hybridized carbons (Fsp3) is 0.214. The van der Waals surface area contributed by atoms with Crippen molar-refractivity contribution in [3.63, 3.8) is 0 Å². The maximum atomic E-state index is 5.70. The molecule has 0 aliphatic carbocycles. The molecule has 1 heterocycles. The topological polar surface area (TPSA) is 48.1 Å². The Bertz CT molecular complexity index is 543. The molecule has 1 aromatic heterocycles. The fourth-order valence-electron chi connectivity index (χ4n) is 1.59. The largest absolute Gasteiger partial charge is 0.487 e. The maximum Gasteiger partial charge on any atom is 0.130 e. The second-order valence-corrected chi connectivity index (χ2v) is 4.88. The van der Waals surface area contributed by atoms with Gasteiger partial charge in [0.05, 0.1) is 11.4 Å². The average molecular weight is 307 g/mol. The van der Waals surface area contributed by atoms with E-state index < -0.39 is 0 Å². The zero-order valence-electron chi connectivity index (χ0n) is 10.2. The summed E-state index contributed by atoms with van der Waals surface area (Å²) in [6.07, 6.45) is 0. The van der Waals surface area contributed by atoms with E-state index in [-0.39, 0.29) is 0 Å². The number of pyridine rings is 1. The number of aromatic nitrogens is 1. The Morgan fingerprint density at radius 1 is 1.22 bits per heavy atom. The van der Waals surface area contributed by atoms with Crippen LogP contribution in [0.2, 0.25) is 0 Å². The Kier molecular flexibility index (Phi) is 4.33. The Morgan fingerprint density at radius 3 is 2.72 bits per heavy atom. The Labute approximate surface area is 115 Å². The maximum absolute atomic E-state index is 5.70. The standard InChI is InChI=1S/C14H15BrN2O/c1-10-7-13(5-6-14(10)15)18-9-12-4-2-3-11(8-16)17-12/h2-7H,8-9,16H2,1H3. The lowest BCUT2D eigenvalue weighted by molar-refractivity contribution is 0.300. The summed E-state index contributed by atoms with van der Waals surface area (Å²) in [5, 5.41) is 0. The second kappa shape index (κ2) is 5.98. The van der Waals surface area contributed by atoms with Gasteiger partial charge in [0, 0.05) is 11.0 Å². The molecule has 94 valence electrons. The monoisotopic (exact) mass is 306 g/mol. The molecule has 2 rings (SSSR count). The molecule has 0 bridgehead atoms. The zero-order chi connectivity index (χ0) is 13.0. The van der Waals surface area contributed by atoms with Crippen molar-refractivity contribution in [3.05, 3.63) is 57.8 Å². The lowest BCUT2D eigenvalue weighted by Crippen LogP contribution is -2.04. The van der Waals surface area contributed by atoms with Crippen molar-refractivity contribution >= 4 is 15.9 Å². The van der Waals surface area contributed by atoms with E-state index in [1.165, 1.54) is 0 Å². The summed E-state index contributed by atoms with van der Waals surface area (Å²) in [6, 6.07) is 11.7. The van der Waals surface area contributed by atoms with Crippen molar-refractivity contribution in [2.24, 2.45) is 5.73 Å². The van der Waals surface area contributed by atoms with Crippen LogP contribution in [0.25, 0.3) is 0 Å². The predicted octanol–water partition coefficient (Wildman–Crippen LogP) is 3.19. The van der Waals surface area contributed by atoms with E-state index >= 15 is 0 Å². The molecule has 2 aromatic rings. The number of hydrogen-bond donors (Lipinski definition) is 1. The van der Waals surface area contributed by atoms with E-state index in [2.05, 4.69) is 20.9 Å². The summed E-state index contributed by atoms with van der Waals surface area (Å²) in [4.78, 5) is 4.39. The molecule has 0 fully saturated rings. The van der Waals surface area contributed by atoms with E-state index in [4.69, 9.17) is 10.5 Å². The Morgan fingerprint density at radius 2 is 2.00 bits per heavy atom. The van der Waals surface area contributed by atoms with E-state index in [9.17, 15) is 0 Å². The quantitative estimate of drug-likeness (QED) is 0.943. The zero-order valence-corrected chi connectivity index (χ0v) is 11.8. The van der Waals surface area contributed by atoms with Crippen LogP contribution < -0.4 is 10.5 Å². The first-order chi connectivity index (χ1) is 8.69. The third kappa shape index (κ3) is 3.31. The van der Waals surface area contributed by atoms with E-state index in [0.29, 0.717) is 13.2 Å². The van der Waals surface area contributed by atoms with Crippen LogP contribution in [-0.2, 0) is 13.2 Å². The number of aryl methyl sites for hydroxylation is 1. The minimum absolute atomic E-state index is 0.450. The SMILES string of the molecule is Cc1cc(OCc2cccc(CN)n2)ccc1Br. The van der Waals surface area contributed by atoms with Crippen LogP contribution in [0.15, 0.2) is 40.9 Å². The molecule has 0 atom stereocenters.